The van der Waals surface area contributed by atoms with Gasteiger partial charge in [-0.05, 0) is 31.9 Å². The number of likely N-dealkylation sites (tertiary alicyclic amines) is 1. The summed E-state index contributed by atoms with van der Waals surface area (Å²) in [4.78, 5) is 25.1. The highest BCUT2D eigenvalue weighted by Gasteiger charge is 2.36. The topological polar surface area (TPSA) is 46.6 Å². The van der Waals surface area contributed by atoms with Gasteiger partial charge in [-0.25, -0.2) is 18.0 Å². The molecule has 4 nitrogen and oxygen atoms in total. The molecule has 0 N–H and O–H groups in total. The average Bonchev–Trinajstić information content (AvgIpc) is 2.94. The van der Waals surface area contributed by atoms with Gasteiger partial charge in [0.05, 0.1) is 12.2 Å². The molecule has 1 fully saturated rings. The largest absolute Gasteiger partial charge is 0.464 e. The summed E-state index contributed by atoms with van der Waals surface area (Å²) in [6.07, 6.45) is 0.955. The zero-order valence-electron chi connectivity index (χ0n) is 11.4. The molecule has 1 aromatic carbocycles. The first-order valence-corrected chi connectivity index (χ1v) is 6.58. The van der Waals surface area contributed by atoms with Gasteiger partial charge in [-0.3, -0.25) is 4.79 Å². The first-order chi connectivity index (χ1) is 9.97. The Labute approximate surface area is 119 Å². The molecule has 1 atom stereocenters. The van der Waals surface area contributed by atoms with Gasteiger partial charge in [0.2, 0.25) is 0 Å². The Morgan fingerprint density at radius 3 is 2.67 bits per heavy atom. The van der Waals surface area contributed by atoms with Crippen LogP contribution in [0.2, 0.25) is 0 Å². The predicted molar refractivity (Wildman–Crippen MR) is 67.0 cm³/mol. The lowest BCUT2D eigenvalue weighted by Gasteiger charge is -2.23. The number of hydrogen-bond acceptors (Lipinski definition) is 3. The Morgan fingerprint density at radius 2 is 2.00 bits per heavy atom. The summed E-state index contributed by atoms with van der Waals surface area (Å²) < 4.78 is 44.6. The number of nitrogens with zero attached hydrogens (tertiary/aromatic N) is 1. The van der Waals surface area contributed by atoms with E-state index in [4.69, 9.17) is 4.74 Å². The number of ether oxygens (including phenoxy) is 1. The Kier molecular flexibility index (Phi) is 4.50. The highest BCUT2D eigenvalue weighted by atomic mass is 19.2. The molecular weight excluding hydrogens is 287 g/mol. The molecule has 0 bridgehead atoms. The van der Waals surface area contributed by atoms with Gasteiger partial charge in [-0.1, -0.05) is 0 Å². The van der Waals surface area contributed by atoms with Crippen LogP contribution >= 0.6 is 0 Å². The van der Waals surface area contributed by atoms with Crippen molar-refractivity contribution in [1.29, 1.82) is 0 Å². The maximum atomic E-state index is 13.7. The molecule has 0 aliphatic carbocycles. The van der Waals surface area contributed by atoms with Crippen LogP contribution in [0.1, 0.15) is 30.1 Å². The molecular formula is C14H14F3NO3. The summed E-state index contributed by atoms with van der Waals surface area (Å²) in [5.41, 5.74) is -0.593. The second-order valence-corrected chi connectivity index (χ2v) is 4.63. The van der Waals surface area contributed by atoms with Crippen LogP contribution in [0, 0.1) is 17.5 Å². The fourth-order valence-corrected chi connectivity index (χ4v) is 2.34. The van der Waals surface area contributed by atoms with E-state index in [1.807, 2.05) is 0 Å². The minimum atomic E-state index is -1.70. The van der Waals surface area contributed by atoms with Crippen molar-refractivity contribution in [3.63, 3.8) is 0 Å². The lowest BCUT2D eigenvalue weighted by Crippen LogP contribution is -2.41. The smallest absolute Gasteiger partial charge is 0.328 e. The van der Waals surface area contributed by atoms with Gasteiger partial charge in [0.15, 0.2) is 17.5 Å². The maximum Gasteiger partial charge on any atom is 0.328 e. The summed E-state index contributed by atoms with van der Waals surface area (Å²) in [6.45, 7) is 2.03. The van der Waals surface area contributed by atoms with Crippen LogP contribution in [-0.2, 0) is 9.53 Å². The molecule has 1 heterocycles. The zero-order valence-corrected chi connectivity index (χ0v) is 11.4. The van der Waals surface area contributed by atoms with Crippen LogP contribution < -0.4 is 0 Å². The van der Waals surface area contributed by atoms with E-state index < -0.39 is 40.9 Å². The molecule has 1 aliphatic rings. The molecule has 1 aliphatic heterocycles. The van der Waals surface area contributed by atoms with E-state index in [9.17, 15) is 22.8 Å². The number of benzene rings is 1. The highest BCUT2D eigenvalue weighted by Crippen LogP contribution is 2.24. The summed E-state index contributed by atoms with van der Waals surface area (Å²) >= 11 is 0. The standard InChI is InChI=1S/C14H14F3NO3/c1-2-21-14(20)10-4-3-7-18(10)13(19)8-5-6-9(15)12(17)11(8)16/h5-6,10H,2-4,7H2,1H3. The highest BCUT2D eigenvalue weighted by molar-refractivity contribution is 5.97. The van der Waals surface area contributed by atoms with Crippen LogP contribution in [0.3, 0.4) is 0 Å². The number of halogens is 3. The fourth-order valence-electron chi connectivity index (χ4n) is 2.34. The van der Waals surface area contributed by atoms with Gasteiger partial charge in [0, 0.05) is 6.54 Å². The molecule has 21 heavy (non-hydrogen) atoms. The van der Waals surface area contributed by atoms with Crippen molar-refractivity contribution in [2.45, 2.75) is 25.8 Å². The molecule has 114 valence electrons. The van der Waals surface area contributed by atoms with Gasteiger partial charge < -0.3 is 9.64 Å². The van der Waals surface area contributed by atoms with Crippen LogP contribution in [-0.4, -0.2) is 36.0 Å². The van der Waals surface area contributed by atoms with Crippen molar-refractivity contribution in [2.24, 2.45) is 0 Å². The first-order valence-electron chi connectivity index (χ1n) is 6.58. The van der Waals surface area contributed by atoms with Crippen molar-refractivity contribution < 1.29 is 27.5 Å². The van der Waals surface area contributed by atoms with E-state index in [1.165, 1.54) is 0 Å². The molecule has 1 amide bonds. The summed E-state index contributed by atoms with van der Waals surface area (Å²) in [5.74, 6) is -6.04. The molecule has 0 spiro atoms. The number of esters is 1. The summed E-state index contributed by atoms with van der Waals surface area (Å²) in [5, 5.41) is 0. The van der Waals surface area contributed by atoms with Crippen LogP contribution in [0.5, 0.6) is 0 Å². The van der Waals surface area contributed by atoms with E-state index in [0.29, 0.717) is 18.9 Å². The Bertz CT molecular complexity index is 577. The lowest BCUT2D eigenvalue weighted by atomic mass is 10.1. The second kappa shape index (κ2) is 6.15. The SMILES string of the molecule is CCOC(=O)C1CCCN1C(=O)c1ccc(F)c(F)c1F. The molecule has 1 saturated heterocycles. The van der Waals surface area contributed by atoms with Gasteiger partial charge in [0.25, 0.3) is 5.91 Å². The Morgan fingerprint density at radius 1 is 1.29 bits per heavy atom. The summed E-state index contributed by atoms with van der Waals surface area (Å²) in [7, 11) is 0. The minimum absolute atomic E-state index is 0.164. The Hall–Kier alpha value is -2.05. The van der Waals surface area contributed by atoms with E-state index in [2.05, 4.69) is 0 Å². The van der Waals surface area contributed by atoms with E-state index in [-0.39, 0.29) is 13.2 Å². The first kappa shape index (κ1) is 15.3. The maximum absolute atomic E-state index is 13.7. The average molecular weight is 301 g/mol. The molecule has 7 heteroatoms. The molecule has 1 aromatic rings. The predicted octanol–water partition coefficient (Wildman–Crippen LogP) is 2.27. The lowest BCUT2D eigenvalue weighted by molar-refractivity contribution is -0.147. The van der Waals surface area contributed by atoms with Crippen molar-refractivity contribution >= 4 is 11.9 Å². The fraction of sp³-hybridized carbons (Fsp3) is 0.429. The third kappa shape index (κ3) is 2.86. The van der Waals surface area contributed by atoms with E-state index >= 15 is 0 Å². The van der Waals surface area contributed by atoms with Crippen LogP contribution in [0.15, 0.2) is 12.1 Å². The van der Waals surface area contributed by atoms with Crippen molar-refractivity contribution in [3.05, 3.63) is 35.1 Å². The van der Waals surface area contributed by atoms with E-state index in [1.54, 1.807) is 6.92 Å². The normalized spacial score (nSPS) is 17.9. The molecule has 0 aromatic heterocycles. The number of carbonyl (C=O) groups is 2. The third-order valence-electron chi connectivity index (χ3n) is 3.34. The number of amides is 1. The van der Waals surface area contributed by atoms with Gasteiger partial charge in [-0.2, -0.15) is 0 Å². The minimum Gasteiger partial charge on any atom is -0.464 e. The Balaban J connectivity index is 2.27. The number of rotatable bonds is 3. The van der Waals surface area contributed by atoms with Gasteiger partial charge in [-0.15, -0.1) is 0 Å². The second-order valence-electron chi connectivity index (χ2n) is 4.63. The molecule has 1 unspecified atom stereocenters. The molecule has 2 rings (SSSR count). The van der Waals surface area contributed by atoms with E-state index in [0.717, 1.165) is 11.0 Å². The van der Waals surface area contributed by atoms with Crippen molar-refractivity contribution in [3.8, 4) is 0 Å². The van der Waals surface area contributed by atoms with Crippen LogP contribution in [0.25, 0.3) is 0 Å². The quantitative estimate of drug-likeness (QED) is 0.635. The monoisotopic (exact) mass is 301 g/mol. The van der Waals surface area contributed by atoms with Gasteiger partial charge >= 0.3 is 5.97 Å². The number of hydrogen-bond donors (Lipinski definition) is 0. The van der Waals surface area contributed by atoms with Crippen molar-refractivity contribution in [2.75, 3.05) is 13.2 Å². The number of carbonyl (C=O) groups excluding carboxylic acids is 2. The zero-order chi connectivity index (χ0) is 15.6. The molecule has 0 radical (unpaired) electrons. The van der Waals surface area contributed by atoms with Crippen LogP contribution in [0.4, 0.5) is 13.2 Å². The summed E-state index contributed by atoms with van der Waals surface area (Å²) in [6, 6.07) is 0.738. The van der Waals surface area contributed by atoms with Crippen molar-refractivity contribution in [1.82, 2.24) is 4.90 Å². The molecule has 0 saturated carbocycles. The third-order valence-corrected chi connectivity index (χ3v) is 3.34. The van der Waals surface area contributed by atoms with Gasteiger partial charge in [0.1, 0.15) is 6.04 Å².